The molecule has 5 heterocycles. The molecule has 0 atom stereocenters. The summed E-state index contributed by atoms with van der Waals surface area (Å²) in [6.45, 7) is 10.3. The summed E-state index contributed by atoms with van der Waals surface area (Å²) < 4.78 is 1.96. The van der Waals surface area contributed by atoms with Crippen LogP contribution in [0, 0.1) is 6.92 Å². The molecule has 1 aliphatic rings. The molecule has 0 radical (unpaired) electrons. The van der Waals surface area contributed by atoms with Crippen LogP contribution in [0.3, 0.4) is 0 Å². The van der Waals surface area contributed by atoms with E-state index in [1.165, 1.54) is 11.1 Å². The fourth-order valence-electron chi connectivity index (χ4n) is 3.79. The Morgan fingerprint density at radius 3 is 2.97 bits per heavy atom. The molecule has 8 heteroatoms. The van der Waals surface area contributed by atoms with Gasteiger partial charge in [0.2, 0.25) is 0 Å². The minimum atomic E-state index is 0.625. The Morgan fingerprint density at radius 2 is 2.19 bits per heavy atom. The number of imidazole rings is 2. The molecule has 3 N–H and O–H groups in total. The molecule has 0 spiro atoms. The largest absolute Gasteiger partial charge is 0.333 e. The molecule has 0 aliphatic carbocycles. The van der Waals surface area contributed by atoms with Crippen LogP contribution in [0.15, 0.2) is 48.1 Å². The van der Waals surface area contributed by atoms with Crippen molar-refractivity contribution < 1.29 is 0 Å². The lowest BCUT2D eigenvalue weighted by Gasteiger charge is -2.13. The molecule has 156 valence electrons. The van der Waals surface area contributed by atoms with Crippen molar-refractivity contribution in [1.29, 1.82) is 0 Å². The average Bonchev–Trinajstić information content (AvgIpc) is 3.50. The van der Waals surface area contributed by atoms with Gasteiger partial charge in [-0.1, -0.05) is 18.7 Å². The fourth-order valence-corrected chi connectivity index (χ4v) is 3.79. The van der Waals surface area contributed by atoms with Crippen LogP contribution in [-0.4, -0.2) is 47.8 Å². The Balaban J connectivity index is 1.52. The summed E-state index contributed by atoms with van der Waals surface area (Å²) in [4.78, 5) is 16.7. The van der Waals surface area contributed by atoms with E-state index in [9.17, 15) is 0 Å². The number of nitrogens with zero attached hydrogens (tertiary/aromatic N) is 5. The molecule has 5 rings (SSSR count). The number of aryl methyl sites for hydroxylation is 1. The highest BCUT2D eigenvalue weighted by Gasteiger charge is 2.14. The Labute approximate surface area is 179 Å². The van der Waals surface area contributed by atoms with E-state index >= 15 is 0 Å². The first-order chi connectivity index (χ1) is 15.1. The molecule has 0 bridgehead atoms. The van der Waals surface area contributed by atoms with Crippen LogP contribution in [0.25, 0.3) is 41.0 Å². The van der Waals surface area contributed by atoms with Gasteiger partial charge in [0.25, 0.3) is 0 Å². The number of hydrogen-bond donors (Lipinski definition) is 3. The summed E-state index contributed by atoms with van der Waals surface area (Å²) >= 11 is 0. The normalized spacial score (nSPS) is 15.6. The molecular formula is C23H24N8. The van der Waals surface area contributed by atoms with Crippen molar-refractivity contribution >= 4 is 23.8 Å². The molecule has 8 nitrogen and oxygen atoms in total. The standard InChI is InChI=1S/C23H24N8/c1-14(17-6-9-24-10-7-17)4-5-18-16(3)20(30-29-18)23-27-21-19(8-11-25-22(21)28-23)31-12-15(2)26-13-31/h4-6,8,11-13,24,29H,3,7,9-10H2,1-2H3,(H,25,27,28)/b14-4+,18-5+. The second kappa shape index (κ2) is 7.81. The second-order valence-electron chi connectivity index (χ2n) is 7.70. The van der Waals surface area contributed by atoms with Crippen LogP contribution >= 0.6 is 0 Å². The van der Waals surface area contributed by atoms with Crippen LogP contribution in [0.4, 0.5) is 0 Å². The van der Waals surface area contributed by atoms with Gasteiger partial charge in [-0.25, -0.2) is 15.0 Å². The topological polar surface area (TPSA) is 100 Å². The Kier molecular flexibility index (Phi) is 4.83. The smallest absolute Gasteiger partial charge is 0.180 e. The number of rotatable bonds is 4. The Morgan fingerprint density at radius 1 is 1.29 bits per heavy atom. The minimum Gasteiger partial charge on any atom is -0.333 e. The van der Waals surface area contributed by atoms with Gasteiger partial charge in [0.15, 0.2) is 11.5 Å². The molecule has 0 unspecified atom stereocenters. The zero-order valence-electron chi connectivity index (χ0n) is 17.6. The van der Waals surface area contributed by atoms with Crippen LogP contribution in [0.1, 0.15) is 19.0 Å². The van der Waals surface area contributed by atoms with Crippen molar-refractivity contribution in [3.05, 3.63) is 64.3 Å². The molecule has 4 aromatic rings. The van der Waals surface area contributed by atoms with Crippen molar-refractivity contribution in [1.82, 2.24) is 40.0 Å². The number of H-pyrrole nitrogens is 2. The third-order valence-corrected chi connectivity index (χ3v) is 5.55. The molecule has 0 saturated carbocycles. The van der Waals surface area contributed by atoms with Gasteiger partial charge in [0.05, 0.1) is 23.1 Å². The summed E-state index contributed by atoms with van der Waals surface area (Å²) in [7, 11) is 0. The first-order valence-corrected chi connectivity index (χ1v) is 10.3. The van der Waals surface area contributed by atoms with Gasteiger partial charge in [-0.2, -0.15) is 5.10 Å². The summed E-state index contributed by atoms with van der Waals surface area (Å²) in [5, 5.41) is 12.5. The van der Waals surface area contributed by atoms with Gasteiger partial charge in [0, 0.05) is 24.2 Å². The maximum Gasteiger partial charge on any atom is 0.180 e. The maximum atomic E-state index is 4.65. The molecular weight excluding hydrogens is 388 g/mol. The van der Waals surface area contributed by atoms with Gasteiger partial charge in [-0.3, -0.25) is 5.10 Å². The first-order valence-electron chi connectivity index (χ1n) is 10.3. The summed E-state index contributed by atoms with van der Waals surface area (Å²) in [6.07, 6.45) is 12.9. The second-order valence-corrected chi connectivity index (χ2v) is 7.70. The van der Waals surface area contributed by atoms with Gasteiger partial charge in [-0.05, 0) is 50.1 Å². The van der Waals surface area contributed by atoms with Gasteiger partial charge in [-0.15, -0.1) is 0 Å². The van der Waals surface area contributed by atoms with E-state index in [0.29, 0.717) is 17.2 Å². The number of pyridine rings is 1. The van der Waals surface area contributed by atoms with Crippen LogP contribution in [0.5, 0.6) is 0 Å². The number of aromatic nitrogens is 7. The molecule has 4 aromatic heterocycles. The van der Waals surface area contributed by atoms with Gasteiger partial charge < -0.3 is 14.9 Å². The Bertz CT molecular complexity index is 1430. The Hall–Kier alpha value is -3.78. The highest BCUT2D eigenvalue weighted by Crippen LogP contribution is 2.21. The lowest BCUT2D eigenvalue weighted by molar-refractivity contribution is 0.707. The molecule has 31 heavy (non-hydrogen) atoms. The highest BCUT2D eigenvalue weighted by molar-refractivity contribution is 5.83. The van der Waals surface area contributed by atoms with Crippen molar-refractivity contribution in [3.63, 3.8) is 0 Å². The zero-order chi connectivity index (χ0) is 21.4. The first kappa shape index (κ1) is 19.2. The lowest BCUT2D eigenvalue weighted by atomic mass is 10.0. The SMILES string of the molecule is C=c1c(-c2nc3nccc(-n4cnc(C)c4)c3[nH]2)n[nH]/c1=C/C=C(\C)C1=CCNCC1. The molecule has 1 aliphatic heterocycles. The van der Waals surface area contributed by atoms with Gasteiger partial charge in [0.1, 0.15) is 11.2 Å². The maximum absolute atomic E-state index is 4.65. The van der Waals surface area contributed by atoms with E-state index in [-0.39, 0.29) is 0 Å². The molecule has 0 aromatic carbocycles. The van der Waals surface area contributed by atoms with Crippen LogP contribution in [-0.2, 0) is 0 Å². The van der Waals surface area contributed by atoms with E-state index in [4.69, 9.17) is 0 Å². The van der Waals surface area contributed by atoms with E-state index in [1.54, 1.807) is 12.5 Å². The third kappa shape index (κ3) is 3.62. The third-order valence-electron chi connectivity index (χ3n) is 5.55. The van der Waals surface area contributed by atoms with E-state index in [0.717, 1.165) is 47.0 Å². The number of hydrogen-bond acceptors (Lipinski definition) is 5. The van der Waals surface area contributed by atoms with Crippen LogP contribution < -0.4 is 15.9 Å². The average molecular weight is 413 g/mol. The summed E-state index contributed by atoms with van der Waals surface area (Å²) in [6, 6.07) is 1.93. The minimum absolute atomic E-state index is 0.625. The van der Waals surface area contributed by atoms with Crippen LogP contribution in [0.2, 0.25) is 0 Å². The number of nitrogens with one attached hydrogen (secondary N) is 3. The van der Waals surface area contributed by atoms with Gasteiger partial charge >= 0.3 is 0 Å². The summed E-state index contributed by atoms with van der Waals surface area (Å²) in [5.41, 5.74) is 6.66. The van der Waals surface area contributed by atoms with Crippen molar-refractivity contribution in [2.75, 3.05) is 13.1 Å². The lowest BCUT2D eigenvalue weighted by Crippen LogP contribution is -2.22. The predicted octanol–water partition coefficient (Wildman–Crippen LogP) is 1.90. The highest BCUT2D eigenvalue weighted by atomic mass is 15.1. The number of allylic oxidation sites excluding steroid dienone is 2. The van der Waals surface area contributed by atoms with Crippen molar-refractivity contribution in [2.45, 2.75) is 20.3 Å². The number of fused-ring (bicyclic) bond motifs is 1. The predicted molar refractivity (Wildman–Crippen MR) is 122 cm³/mol. The van der Waals surface area contributed by atoms with Crippen molar-refractivity contribution in [2.24, 2.45) is 0 Å². The van der Waals surface area contributed by atoms with E-state index in [1.807, 2.05) is 29.8 Å². The fraction of sp³-hybridized carbons (Fsp3) is 0.217. The molecule has 0 fully saturated rings. The van der Waals surface area contributed by atoms with E-state index in [2.05, 4.69) is 61.1 Å². The number of aromatic amines is 2. The van der Waals surface area contributed by atoms with E-state index < -0.39 is 0 Å². The zero-order valence-corrected chi connectivity index (χ0v) is 17.6. The molecule has 0 saturated heterocycles. The monoisotopic (exact) mass is 412 g/mol. The quantitative estimate of drug-likeness (QED) is 0.475. The summed E-state index contributed by atoms with van der Waals surface area (Å²) in [5.74, 6) is 0.634. The molecule has 0 amide bonds. The van der Waals surface area contributed by atoms with Crippen molar-refractivity contribution in [3.8, 4) is 17.2 Å².